The van der Waals surface area contributed by atoms with Crippen LogP contribution in [0.25, 0.3) is 17.1 Å². The first-order chi connectivity index (χ1) is 12.8. The maximum Gasteiger partial charge on any atom is 0.410 e. The fraction of sp³-hybridized carbons (Fsp3) is 0.524. The van der Waals surface area contributed by atoms with Gasteiger partial charge in [0, 0.05) is 17.7 Å². The molecule has 0 aliphatic heterocycles. The van der Waals surface area contributed by atoms with Gasteiger partial charge in [0.05, 0.1) is 24.7 Å². The van der Waals surface area contributed by atoms with Crippen molar-refractivity contribution in [2.45, 2.75) is 64.6 Å². The highest BCUT2D eigenvalue weighted by molar-refractivity contribution is 5.81. The third-order valence-corrected chi connectivity index (χ3v) is 4.82. The number of H-pyrrole nitrogens is 1. The number of imidazole rings is 1. The van der Waals surface area contributed by atoms with E-state index in [0.717, 1.165) is 53.9 Å². The van der Waals surface area contributed by atoms with Gasteiger partial charge in [-0.2, -0.15) is 0 Å². The normalized spacial score (nSPS) is 15.1. The van der Waals surface area contributed by atoms with E-state index in [4.69, 9.17) is 9.47 Å². The van der Waals surface area contributed by atoms with Crippen molar-refractivity contribution in [3.05, 3.63) is 30.1 Å². The molecule has 1 heterocycles. The zero-order chi connectivity index (χ0) is 19.6. The zero-order valence-electron chi connectivity index (χ0n) is 16.7. The molecule has 1 amide bonds. The van der Waals surface area contributed by atoms with Gasteiger partial charge in [-0.1, -0.05) is 25.5 Å². The number of carbonyl (C=O) groups is 1. The lowest BCUT2D eigenvalue weighted by atomic mass is 10.2. The van der Waals surface area contributed by atoms with E-state index < -0.39 is 5.60 Å². The molecule has 0 radical (unpaired) electrons. The summed E-state index contributed by atoms with van der Waals surface area (Å²) >= 11 is 0. The first-order valence-electron chi connectivity index (χ1n) is 9.49. The SMILES string of the molecule is C=Cc1cc2[nH]c(CN(C(=O)OC(C)(C)C)C3CCCC3)nc2cc1OC. The summed E-state index contributed by atoms with van der Waals surface area (Å²) in [6, 6.07) is 4.05. The van der Waals surface area contributed by atoms with Crippen LogP contribution in [0.15, 0.2) is 18.7 Å². The number of ether oxygens (including phenoxy) is 2. The number of methoxy groups -OCH3 is 1. The summed E-state index contributed by atoms with van der Waals surface area (Å²) in [6.07, 6.45) is 5.78. The number of fused-ring (bicyclic) bond motifs is 1. The topological polar surface area (TPSA) is 67.5 Å². The smallest absolute Gasteiger partial charge is 0.410 e. The van der Waals surface area contributed by atoms with Gasteiger partial charge in [-0.05, 0) is 39.7 Å². The number of aromatic nitrogens is 2. The predicted octanol–water partition coefficient (Wildman–Crippen LogP) is 4.89. The van der Waals surface area contributed by atoms with Gasteiger partial charge in [0.15, 0.2) is 0 Å². The minimum Gasteiger partial charge on any atom is -0.496 e. The average Bonchev–Trinajstić information content (AvgIpc) is 3.25. The molecule has 6 heteroatoms. The highest BCUT2D eigenvalue weighted by Gasteiger charge is 2.31. The molecular weight excluding hydrogens is 342 g/mol. The van der Waals surface area contributed by atoms with Gasteiger partial charge in [0.2, 0.25) is 0 Å². The second-order valence-electron chi connectivity index (χ2n) is 8.05. The number of rotatable bonds is 5. The predicted molar refractivity (Wildman–Crippen MR) is 107 cm³/mol. The Morgan fingerprint density at radius 2 is 2.07 bits per heavy atom. The Balaban J connectivity index is 1.88. The Bertz CT molecular complexity index is 829. The van der Waals surface area contributed by atoms with E-state index >= 15 is 0 Å². The van der Waals surface area contributed by atoms with Crippen LogP contribution in [-0.2, 0) is 11.3 Å². The van der Waals surface area contributed by atoms with Crippen LogP contribution < -0.4 is 4.74 Å². The molecule has 0 saturated heterocycles. The number of carbonyl (C=O) groups excluding carboxylic acids is 1. The summed E-state index contributed by atoms with van der Waals surface area (Å²) < 4.78 is 11.0. The van der Waals surface area contributed by atoms with Gasteiger partial charge in [-0.25, -0.2) is 9.78 Å². The van der Waals surface area contributed by atoms with Crippen molar-refractivity contribution in [3.63, 3.8) is 0 Å². The number of nitrogens with zero attached hydrogens (tertiary/aromatic N) is 2. The summed E-state index contributed by atoms with van der Waals surface area (Å²) in [5, 5.41) is 0. The number of amides is 1. The maximum atomic E-state index is 12.8. The van der Waals surface area contributed by atoms with Crippen molar-refractivity contribution in [1.29, 1.82) is 0 Å². The molecule has 3 rings (SSSR count). The molecule has 1 aliphatic carbocycles. The molecule has 146 valence electrons. The fourth-order valence-electron chi connectivity index (χ4n) is 3.56. The molecule has 0 spiro atoms. The van der Waals surface area contributed by atoms with Gasteiger partial charge in [-0.15, -0.1) is 0 Å². The Labute approximate surface area is 160 Å². The van der Waals surface area contributed by atoms with E-state index in [2.05, 4.69) is 16.5 Å². The van der Waals surface area contributed by atoms with Crippen molar-refractivity contribution in [3.8, 4) is 5.75 Å². The summed E-state index contributed by atoms with van der Waals surface area (Å²) in [7, 11) is 1.63. The Kier molecular flexibility index (Phi) is 5.44. The largest absolute Gasteiger partial charge is 0.496 e. The van der Waals surface area contributed by atoms with E-state index in [-0.39, 0.29) is 12.1 Å². The van der Waals surface area contributed by atoms with E-state index in [1.165, 1.54) is 0 Å². The van der Waals surface area contributed by atoms with Gasteiger partial charge in [0.25, 0.3) is 0 Å². The van der Waals surface area contributed by atoms with E-state index in [9.17, 15) is 4.79 Å². The molecule has 1 aromatic heterocycles. The third-order valence-electron chi connectivity index (χ3n) is 4.82. The van der Waals surface area contributed by atoms with Crippen LogP contribution in [0.1, 0.15) is 57.8 Å². The zero-order valence-corrected chi connectivity index (χ0v) is 16.7. The van der Waals surface area contributed by atoms with Crippen LogP contribution in [0.5, 0.6) is 5.75 Å². The number of benzene rings is 1. The highest BCUT2D eigenvalue weighted by atomic mass is 16.6. The molecule has 0 atom stereocenters. The van der Waals surface area contributed by atoms with Crippen molar-refractivity contribution in [2.24, 2.45) is 0 Å². The highest BCUT2D eigenvalue weighted by Crippen LogP contribution is 2.28. The van der Waals surface area contributed by atoms with E-state index in [1.807, 2.05) is 37.8 Å². The van der Waals surface area contributed by atoms with Gasteiger partial charge < -0.3 is 14.5 Å². The molecule has 2 aromatic rings. The molecule has 1 aromatic carbocycles. The molecule has 1 fully saturated rings. The fourth-order valence-corrected chi connectivity index (χ4v) is 3.56. The molecule has 0 bridgehead atoms. The molecular formula is C21H29N3O3. The van der Waals surface area contributed by atoms with Crippen LogP contribution in [0.2, 0.25) is 0 Å². The third kappa shape index (κ3) is 4.43. The molecule has 0 unspecified atom stereocenters. The number of nitrogens with one attached hydrogen (secondary N) is 1. The number of hydrogen-bond donors (Lipinski definition) is 1. The van der Waals surface area contributed by atoms with Crippen LogP contribution in [-0.4, -0.2) is 39.7 Å². The van der Waals surface area contributed by atoms with Gasteiger partial charge in [0.1, 0.15) is 17.2 Å². The minimum absolute atomic E-state index is 0.200. The number of hydrogen-bond acceptors (Lipinski definition) is 4. The van der Waals surface area contributed by atoms with E-state index in [1.54, 1.807) is 13.2 Å². The summed E-state index contributed by atoms with van der Waals surface area (Å²) in [6.45, 7) is 9.90. The molecule has 27 heavy (non-hydrogen) atoms. The van der Waals surface area contributed by atoms with Crippen LogP contribution in [0.3, 0.4) is 0 Å². The second-order valence-corrected chi connectivity index (χ2v) is 8.05. The summed E-state index contributed by atoms with van der Waals surface area (Å²) in [5.41, 5.74) is 2.09. The number of aromatic amines is 1. The minimum atomic E-state index is -0.520. The van der Waals surface area contributed by atoms with E-state index in [0.29, 0.717) is 6.54 Å². The van der Waals surface area contributed by atoms with Crippen molar-refractivity contribution >= 4 is 23.2 Å². The van der Waals surface area contributed by atoms with Gasteiger partial charge >= 0.3 is 6.09 Å². The van der Waals surface area contributed by atoms with Crippen molar-refractivity contribution < 1.29 is 14.3 Å². The lowest BCUT2D eigenvalue weighted by molar-refractivity contribution is 0.0139. The first kappa shape index (κ1) is 19.3. The van der Waals surface area contributed by atoms with Crippen molar-refractivity contribution in [2.75, 3.05) is 7.11 Å². The molecule has 1 aliphatic rings. The molecule has 6 nitrogen and oxygen atoms in total. The first-order valence-corrected chi connectivity index (χ1v) is 9.49. The second kappa shape index (κ2) is 7.62. The molecule has 1 saturated carbocycles. The van der Waals surface area contributed by atoms with Gasteiger partial charge in [-0.3, -0.25) is 4.90 Å². The Hall–Kier alpha value is -2.50. The lowest BCUT2D eigenvalue weighted by Crippen LogP contribution is -2.42. The summed E-state index contributed by atoms with van der Waals surface area (Å²) in [5.74, 6) is 1.47. The average molecular weight is 371 g/mol. The maximum absolute atomic E-state index is 12.8. The Morgan fingerprint density at radius 3 is 2.67 bits per heavy atom. The monoisotopic (exact) mass is 371 g/mol. The van der Waals surface area contributed by atoms with Crippen LogP contribution in [0, 0.1) is 0 Å². The van der Waals surface area contributed by atoms with Crippen molar-refractivity contribution in [1.82, 2.24) is 14.9 Å². The Morgan fingerprint density at radius 1 is 1.37 bits per heavy atom. The lowest BCUT2D eigenvalue weighted by Gasteiger charge is -2.31. The standard InChI is InChI=1S/C21H29N3O3/c1-6-14-11-16-17(12-18(14)26-5)23-19(22-16)13-24(15-9-7-8-10-15)20(25)27-21(2,3)4/h6,11-12,15H,1,7-10,13H2,2-5H3,(H,22,23). The summed E-state index contributed by atoms with van der Waals surface area (Å²) in [4.78, 5) is 22.6. The van der Waals surface area contributed by atoms with Crippen LogP contribution in [0.4, 0.5) is 4.79 Å². The van der Waals surface area contributed by atoms with Crippen LogP contribution >= 0.6 is 0 Å². The quantitative estimate of drug-likeness (QED) is 0.812. The molecule has 1 N–H and O–H groups in total.